The average Bonchev–Trinajstić information content (AvgIpc) is 2.68. The number of piperazine rings is 1. The maximum absolute atomic E-state index is 12.9. The van der Waals surface area contributed by atoms with Crippen molar-refractivity contribution < 1.29 is 31.1 Å². The summed E-state index contributed by atoms with van der Waals surface area (Å²) >= 11 is 5.93. The van der Waals surface area contributed by atoms with Crippen LogP contribution in [0.4, 0.5) is 32.2 Å². The number of carbonyl (C=O) groups is 1. The minimum absolute atomic E-state index is 0.131. The number of alkyl halides is 6. The minimum atomic E-state index is -4.83. The highest BCUT2D eigenvalue weighted by molar-refractivity contribution is 6.33. The molecule has 0 atom stereocenters. The number of anilines is 1. The lowest BCUT2D eigenvalue weighted by Crippen LogP contribution is -2.50. The molecule has 168 valence electrons. The Labute approximate surface area is 176 Å². The van der Waals surface area contributed by atoms with Crippen molar-refractivity contribution in [3.05, 3.63) is 57.1 Å². The second-order valence-corrected chi connectivity index (χ2v) is 7.15. The van der Waals surface area contributed by atoms with Gasteiger partial charge in [0.2, 0.25) is 5.91 Å². The van der Waals surface area contributed by atoms with Crippen LogP contribution in [-0.4, -0.2) is 46.5 Å². The molecule has 0 N–H and O–H groups in total. The molecule has 1 fully saturated rings. The van der Waals surface area contributed by atoms with Crippen LogP contribution in [0.1, 0.15) is 11.1 Å². The van der Waals surface area contributed by atoms with E-state index in [-0.39, 0.29) is 37.0 Å². The van der Waals surface area contributed by atoms with Gasteiger partial charge in [-0.25, -0.2) is 4.98 Å². The summed E-state index contributed by atoms with van der Waals surface area (Å²) in [6.07, 6.45) is -7.65. The van der Waals surface area contributed by atoms with Crippen LogP contribution in [0.2, 0.25) is 5.02 Å². The highest BCUT2D eigenvalue weighted by atomic mass is 35.5. The van der Waals surface area contributed by atoms with Gasteiger partial charge in [-0.3, -0.25) is 9.59 Å². The molecule has 0 radical (unpaired) electrons. The van der Waals surface area contributed by atoms with E-state index in [2.05, 4.69) is 4.98 Å². The van der Waals surface area contributed by atoms with Crippen LogP contribution in [0.3, 0.4) is 0 Å². The molecule has 31 heavy (non-hydrogen) atoms. The van der Waals surface area contributed by atoms with Crippen LogP contribution in [-0.2, 0) is 23.7 Å². The molecule has 2 aromatic heterocycles. The lowest BCUT2D eigenvalue weighted by atomic mass is 10.2. The molecular formula is C18H15ClF6N4O2. The fourth-order valence-corrected chi connectivity index (χ4v) is 3.39. The van der Waals surface area contributed by atoms with Crippen molar-refractivity contribution in [3.63, 3.8) is 0 Å². The van der Waals surface area contributed by atoms with Crippen LogP contribution in [0.5, 0.6) is 0 Å². The molecule has 0 saturated carbocycles. The molecule has 1 aliphatic heterocycles. The Morgan fingerprint density at radius 3 is 2.26 bits per heavy atom. The monoisotopic (exact) mass is 468 g/mol. The largest absolute Gasteiger partial charge is 0.421 e. The zero-order chi connectivity index (χ0) is 23.0. The van der Waals surface area contributed by atoms with Gasteiger partial charge in [-0.05, 0) is 18.2 Å². The van der Waals surface area contributed by atoms with E-state index in [9.17, 15) is 35.9 Å². The number of halogens is 7. The molecule has 0 spiro atoms. The highest BCUT2D eigenvalue weighted by Gasteiger charge is 2.35. The number of rotatable bonds is 3. The molecule has 0 aromatic carbocycles. The van der Waals surface area contributed by atoms with Gasteiger partial charge in [0.05, 0.1) is 10.6 Å². The first-order valence-electron chi connectivity index (χ1n) is 8.90. The molecule has 0 bridgehead atoms. The van der Waals surface area contributed by atoms with E-state index in [4.69, 9.17) is 11.6 Å². The van der Waals surface area contributed by atoms with E-state index in [1.54, 1.807) is 4.90 Å². The lowest BCUT2D eigenvalue weighted by Gasteiger charge is -2.36. The molecular weight excluding hydrogens is 454 g/mol. The lowest BCUT2D eigenvalue weighted by molar-refractivity contribution is -0.139. The van der Waals surface area contributed by atoms with Crippen LogP contribution < -0.4 is 10.5 Å². The zero-order valence-corrected chi connectivity index (χ0v) is 16.4. The Bertz CT molecular complexity index is 1030. The van der Waals surface area contributed by atoms with Crippen molar-refractivity contribution in [2.24, 2.45) is 0 Å². The molecule has 3 heterocycles. The van der Waals surface area contributed by atoms with Crippen LogP contribution >= 0.6 is 11.6 Å². The van der Waals surface area contributed by atoms with E-state index in [1.165, 1.54) is 4.90 Å². The van der Waals surface area contributed by atoms with Crippen molar-refractivity contribution in [3.8, 4) is 0 Å². The van der Waals surface area contributed by atoms with E-state index in [1.807, 2.05) is 0 Å². The number of hydrogen-bond acceptors (Lipinski definition) is 4. The van der Waals surface area contributed by atoms with Gasteiger partial charge in [0, 0.05) is 38.6 Å². The molecule has 1 amide bonds. The van der Waals surface area contributed by atoms with Crippen LogP contribution in [0, 0.1) is 0 Å². The predicted molar refractivity (Wildman–Crippen MR) is 98.7 cm³/mol. The van der Waals surface area contributed by atoms with Crippen molar-refractivity contribution in [1.29, 1.82) is 0 Å². The summed E-state index contributed by atoms with van der Waals surface area (Å²) in [4.78, 5) is 31.1. The Morgan fingerprint density at radius 2 is 1.71 bits per heavy atom. The minimum Gasteiger partial charge on any atom is -0.352 e. The van der Waals surface area contributed by atoms with Crippen molar-refractivity contribution in [2.75, 3.05) is 31.1 Å². The van der Waals surface area contributed by atoms with Gasteiger partial charge in [-0.15, -0.1) is 0 Å². The van der Waals surface area contributed by atoms with Gasteiger partial charge in [-0.2, -0.15) is 26.3 Å². The van der Waals surface area contributed by atoms with Gasteiger partial charge in [0.1, 0.15) is 17.9 Å². The number of carbonyl (C=O) groups excluding carboxylic acids is 1. The van der Waals surface area contributed by atoms with Gasteiger partial charge >= 0.3 is 12.4 Å². The van der Waals surface area contributed by atoms with Gasteiger partial charge in [0.25, 0.3) is 5.56 Å². The SMILES string of the molecule is O=C(Cn1cccc(C(F)(F)F)c1=O)N1CCN(c2ncc(C(F)(F)F)cc2Cl)CC1. The fraction of sp³-hybridized carbons (Fsp3) is 0.389. The Balaban J connectivity index is 1.65. The van der Waals surface area contributed by atoms with E-state index >= 15 is 0 Å². The van der Waals surface area contributed by atoms with Crippen molar-refractivity contribution >= 4 is 23.3 Å². The zero-order valence-electron chi connectivity index (χ0n) is 15.7. The van der Waals surface area contributed by atoms with E-state index in [0.29, 0.717) is 16.8 Å². The third-order valence-corrected chi connectivity index (χ3v) is 4.99. The van der Waals surface area contributed by atoms with E-state index < -0.39 is 41.5 Å². The number of aromatic nitrogens is 2. The maximum Gasteiger partial charge on any atom is 0.421 e. The third kappa shape index (κ3) is 5.12. The smallest absolute Gasteiger partial charge is 0.352 e. The fourth-order valence-electron chi connectivity index (χ4n) is 3.11. The molecule has 1 saturated heterocycles. The summed E-state index contributed by atoms with van der Waals surface area (Å²) in [5.74, 6) is -0.427. The Kier molecular flexibility index (Phi) is 6.21. The van der Waals surface area contributed by atoms with Crippen LogP contribution in [0.25, 0.3) is 0 Å². The first kappa shape index (κ1) is 22.9. The molecule has 1 aliphatic rings. The predicted octanol–water partition coefficient (Wildman–Crippen LogP) is 3.28. The quantitative estimate of drug-likeness (QED) is 0.649. The summed E-state index contributed by atoms with van der Waals surface area (Å²) in [5, 5.41) is -0.190. The molecule has 0 aliphatic carbocycles. The van der Waals surface area contributed by atoms with Crippen molar-refractivity contribution in [2.45, 2.75) is 18.9 Å². The summed E-state index contributed by atoms with van der Waals surface area (Å²) < 4.78 is 77.5. The number of hydrogen-bond donors (Lipinski definition) is 0. The topological polar surface area (TPSA) is 58.4 Å². The molecule has 0 unspecified atom stereocenters. The molecule has 2 aromatic rings. The third-order valence-electron chi connectivity index (χ3n) is 4.71. The summed E-state index contributed by atoms with van der Waals surface area (Å²) in [7, 11) is 0. The normalized spacial score (nSPS) is 15.3. The summed E-state index contributed by atoms with van der Waals surface area (Å²) in [6, 6.07) is 2.44. The first-order chi connectivity index (χ1) is 14.4. The Hall–Kier alpha value is -2.76. The second kappa shape index (κ2) is 8.40. The Morgan fingerprint density at radius 1 is 1.06 bits per heavy atom. The highest BCUT2D eigenvalue weighted by Crippen LogP contribution is 2.33. The summed E-state index contributed by atoms with van der Waals surface area (Å²) in [5.41, 5.74) is -3.67. The molecule has 6 nitrogen and oxygen atoms in total. The number of nitrogens with zero attached hydrogens (tertiary/aromatic N) is 4. The van der Waals surface area contributed by atoms with Gasteiger partial charge < -0.3 is 14.4 Å². The van der Waals surface area contributed by atoms with Crippen LogP contribution in [0.15, 0.2) is 35.4 Å². The maximum atomic E-state index is 12.9. The second-order valence-electron chi connectivity index (χ2n) is 6.75. The standard InChI is InChI=1S/C18H15ClF6N4O2/c19-13-8-11(17(20,21)22)9-26-15(13)28-6-4-27(5-7-28)14(30)10-29-3-1-2-12(16(29)31)18(23,24)25/h1-3,8-9H,4-7,10H2. The molecule has 13 heteroatoms. The van der Waals surface area contributed by atoms with Gasteiger partial charge in [-0.1, -0.05) is 11.6 Å². The molecule has 3 rings (SSSR count). The number of pyridine rings is 2. The summed E-state index contributed by atoms with van der Waals surface area (Å²) in [6.45, 7) is 0.0851. The average molecular weight is 469 g/mol. The number of amides is 1. The first-order valence-corrected chi connectivity index (χ1v) is 9.28. The van der Waals surface area contributed by atoms with Gasteiger partial charge in [0.15, 0.2) is 0 Å². The van der Waals surface area contributed by atoms with E-state index in [0.717, 1.165) is 18.3 Å². The van der Waals surface area contributed by atoms with Crippen molar-refractivity contribution in [1.82, 2.24) is 14.5 Å².